The molecule has 0 aromatic heterocycles. The zero-order valence-corrected chi connectivity index (χ0v) is 13.8. The van der Waals surface area contributed by atoms with E-state index in [1.54, 1.807) is 17.0 Å². The second kappa shape index (κ2) is 7.45. The van der Waals surface area contributed by atoms with Crippen LogP contribution in [0.25, 0.3) is 0 Å². The molecule has 1 aliphatic heterocycles. The third kappa shape index (κ3) is 3.92. The van der Waals surface area contributed by atoms with Crippen molar-refractivity contribution in [2.75, 3.05) is 31.5 Å². The first kappa shape index (κ1) is 16.5. The molecule has 1 heterocycles. The Bertz CT molecular complexity index is 684. The van der Waals surface area contributed by atoms with E-state index in [1.165, 1.54) is 17.7 Å². The molecule has 3 rings (SSSR count). The van der Waals surface area contributed by atoms with Gasteiger partial charge in [0.2, 0.25) is 0 Å². The van der Waals surface area contributed by atoms with Gasteiger partial charge >= 0.3 is 6.03 Å². The highest BCUT2D eigenvalue weighted by molar-refractivity contribution is 5.89. The van der Waals surface area contributed by atoms with E-state index in [1.807, 2.05) is 6.07 Å². The van der Waals surface area contributed by atoms with E-state index in [0.29, 0.717) is 24.8 Å². The summed E-state index contributed by atoms with van der Waals surface area (Å²) in [5, 5.41) is 2.76. The normalized spacial score (nSPS) is 16.7. The number of piperazine rings is 1. The molecule has 5 heteroatoms. The number of halogens is 1. The Morgan fingerprint density at radius 3 is 2.42 bits per heavy atom. The second-order valence-electron chi connectivity index (χ2n) is 6.05. The molecule has 126 valence electrons. The van der Waals surface area contributed by atoms with Gasteiger partial charge in [-0.3, -0.25) is 4.90 Å². The van der Waals surface area contributed by atoms with Gasteiger partial charge in [0.25, 0.3) is 0 Å². The number of hydrogen-bond acceptors (Lipinski definition) is 2. The third-order valence-corrected chi connectivity index (χ3v) is 4.51. The molecule has 24 heavy (non-hydrogen) atoms. The molecule has 2 aromatic rings. The number of nitrogens with zero attached hydrogens (tertiary/aromatic N) is 2. The number of carbonyl (C=O) groups is 1. The van der Waals surface area contributed by atoms with Crippen LogP contribution in [-0.4, -0.2) is 42.0 Å². The summed E-state index contributed by atoms with van der Waals surface area (Å²) in [5.74, 6) is -0.352. The van der Waals surface area contributed by atoms with Crippen molar-refractivity contribution in [1.29, 1.82) is 0 Å². The largest absolute Gasteiger partial charge is 0.322 e. The predicted molar refractivity (Wildman–Crippen MR) is 93.4 cm³/mol. The summed E-state index contributed by atoms with van der Waals surface area (Å²) in [6, 6.07) is 16.5. The summed E-state index contributed by atoms with van der Waals surface area (Å²) in [6.45, 7) is 5.17. The van der Waals surface area contributed by atoms with Crippen molar-refractivity contribution in [1.82, 2.24) is 9.80 Å². The number of nitrogens with one attached hydrogen (secondary N) is 1. The lowest BCUT2D eigenvalue weighted by Gasteiger charge is -2.38. The van der Waals surface area contributed by atoms with E-state index in [2.05, 4.69) is 41.4 Å². The van der Waals surface area contributed by atoms with Gasteiger partial charge in [0.15, 0.2) is 0 Å². The molecular weight excluding hydrogens is 305 g/mol. The molecule has 4 nitrogen and oxygen atoms in total. The quantitative estimate of drug-likeness (QED) is 0.932. The minimum absolute atomic E-state index is 0.174. The van der Waals surface area contributed by atoms with Gasteiger partial charge in [-0.2, -0.15) is 0 Å². The van der Waals surface area contributed by atoms with Gasteiger partial charge in [0.05, 0.1) is 0 Å². The zero-order valence-electron chi connectivity index (χ0n) is 13.8. The van der Waals surface area contributed by atoms with Crippen LogP contribution in [0.2, 0.25) is 0 Å². The van der Waals surface area contributed by atoms with Crippen LogP contribution in [0.15, 0.2) is 54.6 Å². The number of carbonyl (C=O) groups excluding carboxylic acids is 1. The average Bonchev–Trinajstić information content (AvgIpc) is 2.62. The molecule has 1 aliphatic rings. The summed E-state index contributed by atoms with van der Waals surface area (Å²) in [7, 11) is 0. The van der Waals surface area contributed by atoms with Crippen molar-refractivity contribution in [2.24, 2.45) is 0 Å². The fourth-order valence-electron chi connectivity index (χ4n) is 3.02. The molecule has 0 aliphatic carbocycles. The van der Waals surface area contributed by atoms with Crippen molar-refractivity contribution in [3.8, 4) is 0 Å². The molecule has 2 aromatic carbocycles. The monoisotopic (exact) mass is 327 g/mol. The molecule has 0 radical (unpaired) electrons. The van der Waals surface area contributed by atoms with E-state index in [0.717, 1.165) is 13.1 Å². The topological polar surface area (TPSA) is 35.6 Å². The number of benzene rings is 2. The molecule has 1 atom stereocenters. The predicted octanol–water partition coefficient (Wildman–Crippen LogP) is 3.74. The van der Waals surface area contributed by atoms with E-state index < -0.39 is 0 Å². The standard InChI is InChI=1S/C19H22FN3O/c1-15(16-6-3-2-4-7-16)22-10-12-23(13-11-22)19(24)21-18-9-5-8-17(20)14-18/h2-9,14-15H,10-13H2,1H3,(H,21,24). The van der Waals surface area contributed by atoms with Crippen molar-refractivity contribution >= 4 is 11.7 Å². The van der Waals surface area contributed by atoms with Gasteiger partial charge in [-0.1, -0.05) is 36.4 Å². The highest BCUT2D eigenvalue weighted by atomic mass is 19.1. The Labute approximate surface area is 141 Å². The molecular formula is C19H22FN3O. The molecule has 1 unspecified atom stereocenters. The summed E-state index contributed by atoms with van der Waals surface area (Å²) < 4.78 is 13.2. The third-order valence-electron chi connectivity index (χ3n) is 4.51. The first-order valence-electron chi connectivity index (χ1n) is 8.24. The van der Waals surface area contributed by atoms with Crippen LogP contribution in [0.3, 0.4) is 0 Å². The van der Waals surface area contributed by atoms with Gasteiger partial charge in [-0.05, 0) is 30.7 Å². The van der Waals surface area contributed by atoms with Crippen molar-refractivity contribution in [3.63, 3.8) is 0 Å². The first-order valence-corrected chi connectivity index (χ1v) is 8.24. The minimum Gasteiger partial charge on any atom is -0.322 e. The maximum absolute atomic E-state index is 13.2. The highest BCUT2D eigenvalue weighted by Gasteiger charge is 2.24. The van der Waals surface area contributed by atoms with E-state index in [4.69, 9.17) is 0 Å². The summed E-state index contributed by atoms with van der Waals surface area (Å²) >= 11 is 0. The van der Waals surface area contributed by atoms with E-state index >= 15 is 0 Å². The first-order chi connectivity index (χ1) is 11.6. The number of urea groups is 1. The summed E-state index contributed by atoms with van der Waals surface area (Å²) in [6.07, 6.45) is 0. The number of hydrogen-bond donors (Lipinski definition) is 1. The minimum atomic E-state index is -0.352. The van der Waals surface area contributed by atoms with Gasteiger partial charge in [-0.15, -0.1) is 0 Å². The molecule has 1 N–H and O–H groups in total. The second-order valence-corrected chi connectivity index (χ2v) is 6.05. The lowest BCUT2D eigenvalue weighted by atomic mass is 10.1. The van der Waals surface area contributed by atoms with Gasteiger partial charge < -0.3 is 10.2 Å². The SMILES string of the molecule is CC(c1ccccc1)N1CCN(C(=O)Nc2cccc(F)c2)CC1. The van der Waals surface area contributed by atoms with Crippen molar-refractivity contribution in [3.05, 3.63) is 66.0 Å². The smallest absolute Gasteiger partial charge is 0.321 e. The van der Waals surface area contributed by atoms with Crippen LogP contribution in [0, 0.1) is 5.82 Å². The van der Waals surface area contributed by atoms with Crippen LogP contribution in [0.5, 0.6) is 0 Å². The number of anilines is 1. The number of amides is 2. The van der Waals surface area contributed by atoms with Crippen LogP contribution in [0.4, 0.5) is 14.9 Å². The summed E-state index contributed by atoms with van der Waals surface area (Å²) in [5.41, 5.74) is 1.77. The zero-order chi connectivity index (χ0) is 16.9. The van der Waals surface area contributed by atoms with Crippen LogP contribution in [0.1, 0.15) is 18.5 Å². The molecule has 2 amide bonds. The van der Waals surface area contributed by atoms with E-state index in [9.17, 15) is 9.18 Å². The Morgan fingerprint density at radius 2 is 1.75 bits per heavy atom. The Morgan fingerprint density at radius 1 is 1.04 bits per heavy atom. The molecule has 1 fully saturated rings. The van der Waals surface area contributed by atoms with Crippen LogP contribution < -0.4 is 5.32 Å². The van der Waals surface area contributed by atoms with Crippen molar-refractivity contribution in [2.45, 2.75) is 13.0 Å². The Balaban J connectivity index is 1.54. The lowest BCUT2D eigenvalue weighted by Crippen LogP contribution is -2.50. The van der Waals surface area contributed by atoms with Crippen LogP contribution >= 0.6 is 0 Å². The number of rotatable bonds is 3. The molecule has 0 saturated carbocycles. The van der Waals surface area contributed by atoms with Crippen LogP contribution in [-0.2, 0) is 0 Å². The fraction of sp³-hybridized carbons (Fsp3) is 0.316. The highest BCUT2D eigenvalue weighted by Crippen LogP contribution is 2.21. The maximum Gasteiger partial charge on any atom is 0.321 e. The fourth-order valence-corrected chi connectivity index (χ4v) is 3.02. The average molecular weight is 327 g/mol. The van der Waals surface area contributed by atoms with Gasteiger partial charge in [0.1, 0.15) is 5.82 Å². The molecule has 1 saturated heterocycles. The van der Waals surface area contributed by atoms with Crippen molar-refractivity contribution < 1.29 is 9.18 Å². The Hall–Kier alpha value is -2.40. The molecule has 0 spiro atoms. The van der Waals surface area contributed by atoms with Gasteiger partial charge in [-0.25, -0.2) is 9.18 Å². The van der Waals surface area contributed by atoms with E-state index in [-0.39, 0.29) is 11.8 Å². The summed E-state index contributed by atoms with van der Waals surface area (Å²) in [4.78, 5) is 16.5. The maximum atomic E-state index is 13.2. The molecule has 0 bridgehead atoms. The lowest BCUT2D eigenvalue weighted by molar-refractivity contribution is 0.119. The Kier molecular flexibility index (Phi) is 5.11. The van der Waals surface area contributed by atoms with Gasteiger partial charge in [0, 0.05) is 37.9 Å².